The van der Waals surface area contributed by atoms with E-state index in [1.54, 1.807) is 0 Å². The number of hydrogen-bond donors (Lipinski definition) is 1. The lowest BCUT2D eigenvalue weighted by Gasteiger charge is -2.31. The van der Waals surface area contributed by atoms with Crippen molar-refractivity contribution in [3.05, 3.63) is 65.2 Å². The molecule has 3 rings (SSSR count). The van der Waals surface area contributed by atoms with Crippen molar-refractivity contribution < 1.29 is 4.74 Å². The van der Waals surface area contributed by atoms with Gasteiger partial charge in [-0.15, -0.1) is 0 Å². The molecule has 0 spiro atoms. The van der Waals surface area contributed by atoms with Crippen LogP contribution < -0.4 is 10.1 Å². The SMILES string of the molecule is CCCCOc1ccc([C@@H]2CC[C@@H](NC)c3ccccc32)cc1. The van der Waals surface area contributed by atoms with Crippen LogP contribution in [-0.2, 0) is 0 Å². The summed E-state index contributed by atoms with van der Waals surface area (Å²) in [6, 6.07) is 18.1. The van der Waals surface area contributed by atoms with E-state index in [9.17, 15) is 0 Å². The molecule has 0 radical (unpaired) electrons. The Balaban J connectivity index is 1.79. The predicted molar refractivity (Wildman–Crippen MR) is 96.2 cm³/mol. The molecule has 0 bridgehead atoms. The van der Waals surface area contributed by atoms with Crippen LogP contribution in [0.1, 0.15) is 61.3 Å². The van der Waals surface area contributed by atoms with Crippen LogP contribution >= 0.6 is 0 Å². The van der Waals surface area contributed by atoms with E-state index in [1.807, 2.05) is 0 Å². The highest BCUT2D eigenvalue weighted by Gasteiger charge is 2.26. The third kappa shape index (κ3) is 3.59. The fourth-order valence-corrected chi connectivity index (χ4v) is 3.57. The zero-order chi connectivity index (χ0) is 16.1. The summed E-state index contributed by atoms with van der Waals surface area (Å²) in [6.07, 6.45) is 4.66. The largest absolute Gasteiger partial charge is 0.494 e. The molecule has 0 amide bonds. The summed E-state index contributed by atoms with van der Waals surface area (Å²) in [5.74, 6) is 1.49. The smallest absolute Gasteiger partial charge is 0.119 e. The zero-order valence-corrected chi connectivity index (χ0v) is 14.2. The van der Waals surface area contributed by atoms with Crippen LogP contribution in [0.25, 0.3) is 0 Å². The van der Waals surface area contributed by atoms with E-state index in [0.717, 1.165) is 18.8 Å². The van der Waals surface area contributed by atoms with Crippen molar-refractivity contribution in [2.24, 2.45) is 0 Å². The van der Waals surface area contributed by atoms with Gasteiger partial charge in [0.05, 0.1) is 6.61 Å². The van der Waals surface area contributed by atoms with Gasteiger partial charge in [0.1, 0.15) is 5.75 Å². The lowest BCUT2D eigenvalue weighted by molar-refractivity contribution is 0.309. The number of nitrogens with one attached hydrogen (secondary N) is 1. The molecule has 0 aromatic heterocycles. The van der Waals surface area contributed by atoms with Crippen LogP contribution in [0.5, 0.6) is 5.75 Å². The molecule has 0 aliphatic heterocycles. The summed E-state index contributed by atoms with van der Waals surface area (Å²) in [6.45, 7) is 3.00. The fraction of sp³-hybridized carbons (Fsp3) is 0.429. The second-order valence-corrected chi connectivity index (χ2v) is 6.37. The number of rotatable bonds is 6. The van der Waals surface area contributed by atoms with Crippen molar-refractivity contribution in [2.75, 3.05) is 13.7 Å². The van der Waals surface area contributed by atoms with Crippen molar-refractivity contribution in [1.29, 1.82) is 0 Å². The van der Waals surface area contributed by atoms with Gasteiger partial charge in [-0.3, -0.25) is 0 Å². The van der Waals surface area contributed by atoms with Gasteiger partial charge in [-0.05, 0) is 55.1 Å². The second kappa shape index (κ2) is 7.65. The highest BCUT2D eigenvalue weighted by atomic mass is 16.5. The molecule has 2 heteroatoms. The van der Waals surface area contributed by atoms with E-state index in [0.29, 0.717) is 12.0 Å². The molecule has 0 saturated heterocycles. The molecular weight excluding hydrogens is 282 g/mol. The van der Waals surface area contributed by atoms with Crippen LogP contribution in [0.4, 0.5) is 0 Å². The van der Waals surface area contributed by atoms with Gasteiger partial charge in [0, 0.05) is 12.0 Å². The molecule has 0 saturated carbocycles. The highest BCUT2D eigenvalue weighted by Crippen LogP contribution is 2.41. The van der Waals surface area contributed by atoms with Crippen molar-refractivity contribution in [1.82, 2.24) is 5.32 Å². The Bertz CT molecular complexity index is 620. The lowest BCUT2D eigenvalue weighted by Crippen LogP contribution is -2.24. The minimum atomic E-state index is 0.485. The van der Waals surface area contributed by atoms with Crippen molar-refractivity contribution in [3.8, 4) is 5.75 Å². The molecule has 2 aromatic carbocycles. The maximum absolute atomic E-state index is 5.78. The highest BCUT2D eigenvalue weighted by molar-refractivity contribution is 5.43. The average molecular weight is 309 g/mol. The molecule has 0 fully saturated rings. The number of benzene rings is 2. The molecule has 23 heavy (non-hydrogen) atoms. The first-order valence-electron chi connectivity index (χ1n) is 8.82. The maximum atomic E-state index is 5.78. The van der Waals surface area contributed by atoms with Gasteiger partial charge in [0.15, 0.2) is 0 Å². The quantitative estimate of drug-likeness (QED) is 0.754. The van der Waals surface area contributed by atoms with E-state index in [2.05, 4.69) is 67.8 Å². The summed E-state index contributed by atoms with van der Waals surface area (Å²) in [5.41, 5.74) is 4.32. The topological polar surface area (TPSA) is 21.3 Å². The van der Waals surface area contributed by atoms with E-state index >= 15 is 0 Å². The average Bonchev–Trinajstić information content (AvgIpc) is 2.62. The Hall–Kier alpha value is -1.80. The Morgan fingerprint density at radius 1 is 1.00 bits per heavy atom. The fourth-order valence-electron chi connectivity index (χ4n) is 3.57. The molecule has 1 N–H and O–H groups in total. The van der Waals surface area contributed by atoms with Crippen LogP contribution in [0.3, 0.4) is 0 Å². The van der Waals surface area contributed by atoms with Gasteiger partial charge in [-0.1, -0.05) is 49.7 Å². The molecule has 1 aliphatic rings. The molecule has 1 aliphatic carbocycles. The number of fused-ring (bicyclic) bond motifs is 1. The predicted octanol–water partition coefficient (Wildman–Crippen LogP) is 5.05. The summed E-state index contributed by atoms with van der Waals surface area (Å²) in [5, 5.41) is 3.45. The van der Waals surface area contributed by atoms with E-state index < -0.39 is 0 Å². The molecule has 0 unspecified atom stereocenters. The Morgan fingerprint density at radius 3 is 2.43 bits per heavy atom. The van der Waals surface area contributed by atoms with Crippen LogP contribution in [0.2, 0.25) is 0 Å². The van der Waals surface area contributed by atoms with Crippen molar-refractivity contribution in [2.45, 2.75) is 44.6 Å². The summed E-state index contributed by atoms with van der Waals surface area (Å²) in [4.78, 5) is 0. The van der Waals surface area contributed by atoms with E-state index in [-0.39, 0.29) is 0 Å². The number of hydrogen-bond acceptors (Lipinski definition) is 2. The summed E-state index contributed by atoms with van der Waals surface area (Å²) < 4.78 is 5.78. The summed E-state index contributed by atoms with van der Waals surface area (Å²) in [7, 11) is 2.06. The Kier molecular flexibility index (Phi) is 5.35. The number of ether oxygens (including phenoxy) is 1. The third-order valence-corrected chi connectivity index (χ3v) is 4.89. The Labute approximate surface area is 139 Å². The first-order valence-corrected chi connectivity index (χ1v) is 8.82. The van der Waals surface area contributed by atoms with Crippen LogP contribution in [0.15, 0.2) is 48.5 Å². The molecule has 2 nitrogen and oxygen atoms in total. The van der Waals surface area contributed by atoms with Gasteiger partial charge in [-0.2, -0.15) is 0 Å². The van der Waals surface area contributed by atoms with Crippen LogP contribution in [-0.4, -0.2) is 13.7 Å². The van der Waals surface area contributed by atoms with Gasteiger partial charge < -0.3 is 10.1 Å². The first kappa shape index (κ1) is 16.1. The molecule has 0 heterocycles. The maximum Gasteiger partial charge on any atom is 0.119 e. The molecule has 2 aromatic rings. The standard InChI is InChI=1S/C21H27NO/c1-3-4-15-23-17-11-9-16(10-12-17)18-13-14-21(22-2)20-8-6-5-7-19(18)20/h5-12,18,21-22H,3-4,13-15H2,1-2H3/t18-,21+/m0/s1. The van der Waals surface area contributed by atoms with Gasteiger partial charge >= 0.3 is 0 Å². The van der Waals surface area contributed by atoms with Gasteiger partial charge in [0.2, 0.25) is 0 Å². The second-order valence-electron chi connectivity index (χ2n) is 6.37. The monoisotopic (exact) mass is 309 g/mol. The molecule has 2 atom stereocenters. The van der Waals surface area contributed by atoms with Crippen molar-refractivity contribution in [3.63, 3.8) is 0 Å². The number of unbranched alkanes of at least 4 members (excludes halogenated alkanes) is 1. The van der Waals surface area contributed by atoms with Crippen molar-refractivity contribution >= 4 is 0 Å². The van der Waals surface area contributed by atoms with Gasteiger partial charge in [-0.25, -0.2) is 0 Å². The minimum Gasteiger partial charge on any atom is -0.494 e. The molecular formula is C21H27NO. The van der Waals surface area contributed by atoms with E-state index in [4.69, 9.17) is 4.74 Å². The van der Waals surface area contributed by atoms with Gasteiger partial charge in [0.25, 0.3) is 0 Å². The molecule has 122 valence electrons. The first-order chi connectivity index (χ1) is 11.3. The lowest BCUT2D eigenvalue weighted by atomic mass is 9.77. The minimum absolute atomic E-state index is 0.485. The normalized spacial score (nSPS) is 20.1. The van der Waals surface area contributed by atoms with Crippen LogP contribution in [0, 0.1) is 0 Å². The third-order valence-electron chi connectivity index (χ3n) is 4.89. The van der Waals surface area contributed by atoms with E-state index in [1.165, 1.54) is 36.0 Å². The zero-order valence-electron chi connectivity index (χ0n) is 14.2. The Morgan fingerprint density at radius 2 is 1.74 bits per heavy atom. The summed E-state index contributed by atoms with van der Waals surface area (Å²) >= 11 is 0.